The van der Waals surface area contributed by atoms with E-state index in [9.17, 15) is 40.5 Å². The second kappa shape index (κ2) is 9.97. The van der Waals surface area contributed by atoms with Crippen LogP contribution in [0.15, 0.2) is 22.8 Å². The first-order chi connectivity index (χ1) is 14.7. The first-order valence-corrected chi connectivity index (χ1v) is 9.51. The molecule has 2 aliphatic heterocycles. The molecular formula is C18H26O13. The molecule has 1 aromatic rings. The Balaban J connectivity index is 1.64. The molecule has 0 amide bonds. The van der Waals surface area contributed by atoms with Crippen molar-refractivity contribution in [2.24, 2.45) is 0 Å². The van der Waals surface area contributed by atoms with Gasteiger partial charge < -0.3 is 59.1 Å². The van der Waals surface area contributed by atoms with Crippen LogP contribution < -0.4 is 0 Å². The predicted octanol–water partition coefficient (Wildman–Crippen LogP) is -3.90. The Kier molecular flexibility index (Phi) is 7.77. The molecule has 176 valence electrons. The summed E-state index contributed by atoms with van der Waals surface area (Å²) >= 11 is 0. The van der Waals surface area contributed by atoms with Crippen LogP contribution in [0.3, 0.4) is 0 Å². The van der Waals surface area contributed by atoms with Gasteiger partial charge in [-0.25, -0.2) is 0 Å². The van der Waals surface area contributed by atoms with Crippen LogP contribution in [-0.4, -0.2) is 123 Å². The van der Waals surface area contributed by atoms with Gasteiger partial charge in [-0.05, 0) is 12.1 Å². The zero-order valence-electron chi connectivity index (χ0n) is 16.3. The summed E-state index contributed by atoms with van der Waals surface area (Å²) in [6.07, 6.45) is -11.7. The average Bonchev–Trinajstić information content (AvgIpc) is 3.38. The summed E-state index contributed by atoms with van der Waals surface area (Å²) in [7, 11) is 0. The molecule has 0 unspecified atom stereocenters. The number of hydrogen-bond donors (Lipinski definition) is 7. The number of aliphatic hydroxyl groups is 7. The molecule has 3 rings (SSSR count). The van der Waals surface area contributed by atoms with E-state index in [1.807, 2.05) is 0 Å². The van der Waals surface area contributed by atoms with Gasteiger partial charge in [0.05, 0.1) is 19.5 Å². The fourth-order valence-electron chi connectivity index (χ4n) is 3.39. The van der Waals surface area contributed by atoms with E-state index in [4.69, 9.17) is 23.4 Å². The Morgan fingerprint density at radius 1 is 1.03 bits per heavy atom. The number of aliphatic hydroxyl groups excluding tert-OH is 7. The van der Waals surface area contributed by atoms with Crippen molar-refractivity contribution < 1.29 is 63.9 Å². The van der Waals surface area contributed by atoms with Crippen molar-refractivity contribution in [2.45, 2.75) is 54.8 Å². The molecule has 7 N–H and O–H groups in total. The molecule has 0 aliphatic carbocycles. The fraction of sp³-hybridized carbons (Fsp3) is 0.722. The number of hydrogen-bond acceptors (Lipinski definition) is 13. The van der Waals surface area contributed by atoms with Crippen molar-refractivity contribution in [3.63, 3.8) is 0 Å². The van der Waals surface area contributed by atoms with Gasteiger partial charge >= 0.3 is 0 Å². The standard InChI is InChI=1S/C18H26O13/c19-4-10-13(23)16(26)18(7-20,30-10)31-17-15(25)14(24)12(22)11(29-17)6-27-5-8(21)9-2-1-3-28-9/h1-3,10-17,19-20,22-26H,4-7H2/t10-,11-,12-,13-,14+,15-,16+,17-,18+/m1/s1. The van der Waals surface area contributed by atoms with Crippen molar-refractivity contribution >= 4 is 5.78 Å². The van der Waals surface area contributed by atoms with Gasteiger partial charge in [-0.3, -0.25) is 4.79 Å². The quantitative estimate of drug-likeness (QED) is 0.180. The minimum absolute atomic E-state index is 0.0658. The van der Waals surface area contributed by atoms with E-state index in [0.29, 0.717) is 0 Å². The molecule has 0 spiro atoms. The molecule has 13 nitrogen and oxygen atoms in total. The Morgan fingerprint density at radius 3 is 2.35 bits per heavy atom. The maximum absolute atomic E-state index is 11.9. The van der Waals surface area contributed by atoms with Crippen molar-refractivity contribution in [1.82, 2.24) is 0 Å². The zero-order chi connectivity index (χ0) is 22.8. The maximum Gasteiger partial charge on any atom is 0.224 e. The second-order valence-electron chi connectivity index (χ2n) is 7.29. The number of rotatable bonds is 9. The van der Waals surface area contributed by atoms with Gasteiger partial charge in [-0.2, -0.15) is 0 Å². The zero-order valence-corrected chi connectivity index (χ0v) is 16.3. The van der Waals surface area contributed by atoms with Gasteiger partial charge in [0.15, 0.2) is 12.1 Å². The SMILES string of the molecule is O=C(COC[C@H]1O[C@H](O[C@]2(CO)O[C@H](CO)[C@@H](O)[C@@H]2O)[C@H](O)[C@@H](O)[C@@H]1O)c1ccco1. The lowest BCUT2D eigenvalue weighted by atomic mass is 9.99. The minimum Gasteiger partial charge on any atom is -0.461 e. The van der Waals surface area contributed by atoms with Crippen LogP contribution in [-0.2, 0) is 18.9 Å². The summed E-state index contributed by atoms with van der Waals surface area (Å²) in [6, 6.07) is 2.96. The van der Waals surface area contributed by atoms with Crippen molar-refractivity contribution in [2.75, 3.05) is 26.4 Å². The Bertz CT molecular complexity index is 711. The first-order valence-electron chi connectivity index (χ1n) is 9.51. The van der Waals surface area contributed by atoms with Crippen LogP contribution in [0.1, 0.15) is 10.6 Å². The molecule has 0 bridgehead atoms. The molecule has 0 saturated carbocycles. The van der Waals surface area contributed by atoms with Gasteiger partial charge in [-0.1, -0.05) is 0 Å². The molecule has 9 atom stereocenters. The molecule has 0 aromatic carbocycles. The normalized spacial score (nSPS) is 40.9. The molecule has 2 saturated heterocycles. The molecule has 0 radical (unpaired) electrons. The molecule has 2 fully saturated rings. The second-order valence-corrected chi connectivity index (χ2v) is 7.29. The van der Waals surface area contributed by atoms with Crippen LogP contribution in [0.5, 0.6) is 0 Å². The van der Waals surface area contributed by atoms with Gasteiger partial charge in [-0.15, -0.1) is 0 Å². The number of furan rings is 1. The molecule has 2 aliphatic rings. The highest BCUT2D eigenvalue weighted by Crippen LogP contribution is 2.36. The molecular weight excluding hydrogens is 424 g/mol. The van der Waals surface area contributed by atoms with E-state index in [-0.39, 0.29) is 5.76 Å². The highest BCUT2D eigenvalue weighted by atomic mass is 16.8. The molecule has 13 heteroatoms. The van der Waals surface area contributed by atoms with Crippen molar-refractivity contribution in [3.8, 4) is 0 Å². The lowest BCUT2D eigenvalue weighted by Gasteiger charge is -2.43. The smallest absolute Gasteiger partial charge is 0.224 e. The summed E-state index contributed by atoms with van der Waals surface area (Å²) in [5.74, 6) is -2.69. The monoisotopic (exact) mass is 450 g/mol. The van der Waals surface area contributed by atoms with Gasteiger partial charge in [0, 0.05) is 0 Å². The Labute approximate surface area is 175 Å². The summed E-state index contributed by atoms with van der Waals surface area (Å²) in [6.45, 7) is -2.50. The number of carbonyl (C=O) groups excluding carboxylic acids is 1. The van der Waals surface area contributed by atoms with Gasteiger partial charge in [0.25, 0.3) is 0 Å². The van der Waals surface area contributed by atoms with Crippen LogP contribution in [0.4, 0.5) is 0 Å². The van der Waals surface area contributed by atoms with E-state index in [2.05, 4.69) is 0 Å². The highest BCUT2D eigenvalue weighted by molar-refractivity contribution is 5.94. The largest absolute Gasteiger partial charge is 0.461 e. The molecule has 3 heterocycles. The van der Waals surface area contributed by atoms with Crippen molar-refractivity contribution in [1.29, 1.82) is 0 Å². The van der Waals surface area contributed by atoms with Crippen molar-refractivity contribution in [3.05, 3.63) is 24.2 Å². The lowest BCUT2D eigenvalue weighted by molar-refractivity contribution is -0.384. The van der Waals surface area contributed by atoms with Gasteiger partial charge in [0.2, 0.25) is 11.6 Å². The topological polar surface area (TPSA) is 209 Å². The maximum atomic E-state index is 11.9. The molecule has 31 heavy (non-hydrogen) atoms. The highest BCUT2D eigenvalue weighted by Gasteiger charge is 2.58. The van der Waals surface area contributed by atoms with Crippen LogP contribution in [0.25, 0.3) is 0 Å². The summed E-state index contributed by atoms with van der Waals surface area (Å²) in [5.41, 5.74) is 0. The van der Waals surface area contributed by atoms with E-state index in [0.717, 1.165) is 0 Å². The number of Topliss-reactive ketones (excluding diaryl/α,β-unsaturated/α-hetero) is 1. The summed E-state index contributed by atoms with van der Waals surface area (Å²) in [4.78, 5) is 11.9. The Morgan fingerprint density at radius 2 is 1.77 bits per heavy atom. The summed E-state index contributed by atoms with van der Waals surface area (Å²) in [5, 5.41) is 69.6. The minimum atomic E-state index is -2.28. The number of carbonyl (C=O) groups is 1. The lowest BCUT2D eigenvalue weighted by Crippen LogP contribution is -2.62. The summed E-state index contributed by atoms with van der Waals surface area (Å²) < 4.78 is 26.2. The fourth-order valence-corrected chi connectivity index (χ4v) is 3.39. The first kappa shape index (κ1) is 24.2. The van der Waals surface area contributed by atoms with E-state index < -0.39 is 87.0 Å². The van der Waals surface area contributed by atoms with E-state index >= 15 is 0 Å². The third-order valence-corrected chi connectivity index (χ3v) is 5.20. The number of ether oxygens (including phenoxy) is 4. The third-order valence-electron chi connectivity index (χ3n) is 5.20. The predicted molar refractivity (Wildman–Crippen MR) is 95.4 cm³/mol. The van der Waals surface area contributed by atoms with E-state index in [1.54, 1.807) is 0 Å². The van der Waals surface area contributed by atoms with E-state index in [1.165, 1.54) is 18.4 Å². The van der Waals surface area contributed by atoms with Gasteiger partial charge in [0.1, 0.15) is 55.9 Å². The van der Waals surface area contributed by atoms with Crippen LogP contribution >= 0.6 is 0 Å². The average molecular weight is 450 g/mol. The van der Waals surface area contributed by atoms with Crippen LogP contribution in [0, 0.1) is 0 Å². The third kappa shape index (κ3) is 4.81. The van der Waals surface area contributed by atoms with Crippen LogP contribution in [0.2, 0.25) is 0 Å². The number of ketones is 1. The molecule has 1 aromatic heterocycles. The Hall–Kier alpha value is -1.49.